The van der Waals surface area contributed by atoms with E-state index in [9.17, 15) is 4.79 Å². The van der Waals surface area contributed by atoms with E-state index < -0.39 is 0 Å². The maximum absolute atomic E-state index is 11.3. The standard InChI is InChI=1S/C11H13NOS/c1-2-6-12-8-11(13)4-3-10-5-7-14-9-10/h1,5,7,9,12H,3-4,6,8H2. The number of hydrogen-bond acceptors (Lipinski definition) is 3. The number of nitrogens with one attached hydrogen (secondary N) is 1. The van der Waals surface area contributed by atoms with Crippen molar-refractivity contribution in [2.75, 3.05) is 13.1 Å². The molecule has 0 aliphatic carbocycles. The van der Waals surface area contributed by atoms with Gasteiger partial charge < -0.3 is 0 Å². The minimum atomic E-state index is 0.214. The monoisotopic (exact) mass is 207 g/mol. The van der Waals surface area contributed by atoms with Crippen LogP contribution in [-0.2, 0) is 11.2 Å². The van der Waals surface area contributed by atoms with Crippen LogP contribution >= 0.6 is 11.3 Å². The smallest absolute Gasteiger partial charge is 0.146 e. The summed E-state index contributed by atoms with van der Waals surface area (Å²) in [4.78, 5) is 11.3. The number of carbonyl (C=O) groups is 1. The Balaban J connectivity index is 2.13. The summed E-state index contributed by atoms with van der Waals surface area (Å²) in [6, 6.07) is 2.05. The van der Waals surface area contributed by atoms with Gasteiger partial charge in [-0.2, -0.15) is 11.3 Å². The molecular formula is C11H13NOS. The summed E-state index contributed by atoms with van der Waals surface area (Å²) in [6.45, 7) is 0.846. The summed E-state index contributed by atoms with van der Waals surface area (Å²) < 4.78 is 0. The van der Waals surface area contributed by atoms with Gasteiger partial charge in [0.15, 0.2) is 0 Å². The predicted molar refractivity (Wildman–Crippen MR) is 59.3 cm³/mol. The van der Waals surface area contributed by atoms with Gasteiger partial charge in [0.1, 0.15) is 5.78 Å². The molecule has 0 amide bonds. The molecule has 0 bridgehead atoms. The molecule has 1 aromatic rings. The van der Waals surface area contributed by atoms with E-state index in [4.69, 9.17) is 6.42 Å². The normalized spacial score (nSPS) is 9.64. The molecule has 74 valence electrons. The van der Waals surface area contributed by atoms with E-state index in [0.29, 0.717) is 19.5 Å². The fourth-order valence-electron chi connectivity index (χ4n) is 1.08. The summed E-state index contributed by atoms with van der Waals surface area (Å²) in [5.74, 6) is 2.65. The van der Waals surface area contributed by atoms with E-state index in [1.165, 1.54) is 5.56 Å². The second-order valence-corrected chi connectivity index (χ2v) is 3.76. The van der Waals surface area contributed by atoms with Crippen LogP contribution in [0.3, 0.4) is 0 Å². The minimum Gasteiger partial charge on any atom is -0.299 e. The number of ketones is 1. The number of thiophene rings is 1. The molecule has 0 unspecified atom stereocenters. The highest BCUT2D eigenvalue weighted by Gasteiger charge is 2.01. The van der Waals surface area contributed by atoms with Crippen molar-refractivity contribution in [1.82, 2.24) is 5.32 Å². The van der Waals surface area contributed by atoms with Gasteiger partial charge in [-0.15, -0.1) is 6.42 Å². The number of aryl methyl sites for hydroxylation is 1. The van der Waals surface area contributed by atoms with Crippen LogP contribution < -0.4 is 5.32 Å². The van der Waals surface area contributed by atoms with Crippen molar-refractivity contribution in [2.45, 2.75) is 12.8 Å². The first-order chi connectivity index (χ1) is 6.83. The molecule has 1 heterocycles. The maximum atomic E-state index is 11.3. The molecule has 0 aromatic carbocycles. The molecular weight excluding hydrogens is 194 g/mol. The van der Waals surface area contributed by atoms with Gasteiger partial charge in [0.2, 0.25) is 0 Å². The lowest BCUT2D eigenvalue weighted by molar-refractivity contribution is -0.118. The molecule has 1 aromatic heterocycles. The van der Waals surface area contributed by atoms with Gasteiger partial charge in [-0.3, -0.25) is 10.1 Å². The third kappa shape index (κ3) is 4.22. The molecule has 14 heavy (non-hydrogen) atoms. The molecule has 0 aliphatic rings. The molecule has 3 heteroatoms. The minimum absolute atomic E-state index is 0.214. The molecule has 0 atom stereocenters. The number of rotatable bonds is 6. The Morgan fingerprint density at radius 2 is 2.50 bits per heavy atom. The summed E-state index contributed by atoms with van der Waals surface area (Å²) >= 11 is 1.66. The Morgan fingerprint density at radius 1 is 1.64 bits per heavy atom. The molecule has 1 N–H and O–H groups in total. The van der Waals surface area contributed by atoms with E-state index in [0.717, 1.165) is 6.42 Å². The summed E-state index contributed by atoms with van der Waals surface area (Å²) in [5, 5.41) is 6.98. The van der Waals surface area contributed by atoms with Crippen molar-refractivity contribution in [3.05, 3.63) is 22.4 Å². The first kappa shape index (κ1) is 11.0. The number of carbonyl (C=O) groups excluding carboxylic acids is 1. The SMILES string of the molecule is C#CCNCC(=O)CCc1ccsc1. The van der Waals surface area contributed by atoms with Crippen molar-refractivity contribution in [1.29, 1.82) is 0 Å². The third-order valence-corrected chi connectivity index (χ3v) is 2.55. The van der Waals surface area contributed by atoms with Crippen molar-refractivity contribution >= 4 is 17.1 Å². The van der Waals surface area contributed by atoms with Gasteiger partial charge in [0, 0.05) is 6.42 Å². The molecule has 0 fully saturated rings. The van der Waals surface area contributed by atoms with Crippen LogP contribution in [0.2, 0.25) is 0 Å². The van der Waals surface area contributed by atoms with Crippen LogP contribution in [0, 0.1) is 12.3 Å². The average molecular weight is 207 g/mol. The predicted octanol–water partition coefficient (Wildman–Crippen LogP) is 1.47. The number of hydrogen-bond donors (Lipinski definition) is 1. The summed E-state index contributed by atoms with van der Waals surface area (Å²) in [7, 11) is 0. The van der Waals surface area contributed by atoms with Gasteiger partial charge >= 0.3 is 0 Å². The molecule has 0 saturated carbocycles. The maximum Gasteiger partial charge on any atom is 0.146 e. The molecule has 2 nitrogen and oxygen atoms in total. The summed E-state index contributed by atoms with van der Waals surface area (Å²) in [5.41, 5.74) is 1.24. The second kappa shape index (κ2) is 6.36. The van der Waals surface area contributed by atoms with Gasteiger partial charge in [0.05, 0.1) is 13.1 Å². The Morgan fingerprint density at radius 3 is 3.14 bits per heavy atom. The second-order valence-electron chi connectivity index (χ2n) is 2.98. The molecule has 0 saturated heterocycles. The van der Waals surface area contributed by atoms with Gasteiger partial charge in [0.25, 0.3) is 0 Å². The highest BCUT2D eigenvalue weighted by atomic mass is 32.1. The molecule has 0 radical (unpaired) electrons. The van der Waals surface area contributed by atoms with Crippen LogP contribution in [0.4, 0.5) is 0 Å². The van der Waals surface area contributed by atoms with Crippen LogP contribution in [0.1, 0.15) is 12.0 Å². The Hall–Kier alpha value is -1.11. The quantitative estimate of drug-likeness (QED) is 0.565. The van der Waals surface area contributed by atoms with E-state index >= 15 is 0 Å². The Kier molecular flexibility index (Phi) is 4.98. The zero-order valence-electron chi connectivity index (χ0n) is 7.95. The first-order valence-corrected chi connectivity index (χ1v) is 5.44. The van der Waals surface area contributed by atoms with E-state index in [1.807, 2.05) is 11.4 Å². The number of Topliss-reactive ketones (excluding diaryl/α,β-unsaturated/α-hetero) is 1. The third-order valence-electron chi connectivity index (χ3n) is 1.82. The lowest BCUT2D eigenvalue weighted by Gasteiger charge is -1.99. The first-order valence-electron chi connectivity index (χ1n) is 4.50. The van der Waals surface area contributed by atoms with Gasteiger partial charge in [-0.25, -0.2) is 0 Å². The molecule has 0 aliphatic heterocycles. The van der Waals surface area contributed by atoms with Crippen LogP contribution in [-0.4, -0.2) is 18.9 Å². The van der Waals surface area contributed by atoms with E-state index in [-0.39, 0.29) is 5.78 Å². The lowest BCUT2D eigenvalue weighted by atomic mass is 10.1. The van der Waals surface area contributed by atoms with Crippen LogP contribution in [0.25, 0.3) is 0 Å². The topological polar surface area (TPSA) is 29.1 Å². The lowest BCUT2D eigenvalue weighted by Crippen LogP contribution is -2.23. The van der Waals surface area contributed by atoms with Crippen LogP contribution in [0.5, 0.6) is 0 Å². The van der Waals surface area contributed by atoms with Crippen molar-refractivity contribution in [2.24, 2.45) is 0 Å². The highest BCUT2D eigenvalue weighted by Crippen LogP contribution is 2.08. The molecule has 1 rings (SSSR count). The fourth-order valence-corrected chi connectivity index (χ4v) is 1.78. The van der Waals surface area contributed by atoms with Crippen molar-refractivity contribution < 1.29 is 4.79 Å². The zero-order chi connectivity index (χ0) is 10.2. The Labute approximate surface area is 88.3 Å². The average Bonchev–Trinajstić information content (AvgIpc) is 2.68. The molecule has 0 spiro atoms. The zero-order valence-corrected chi connectivity index (χ0v) is 8.77. The van der Waals surface area contributed by atoms with Gasteiger partial charge in [-0.1, -0.05) is 5.92 Å². The largest absolute Gasteiger partial charge is 0.299 e. The van der Waals surface area contributed by atoms with E-state index in [2.05, 4.69) is 16.6 Å². The Bertz CT molecular complexity index is 311. The summed E-state index contributed by atoms with van der Waals surface area (Å²) in [6.07, 6.45) is 6.47. The van der Waals surface area contributed by atoms with E-state index in [1.54, 1.807) is 11.3 Å². The fraction of sp³-hybridized carbons (Fsp3) is 0.364. The highest BCUT2D eigenvalue weighted by molar-refractivity contribution is 7.07. The van der Waals surface area contributed by atoms with Crippen LogP contribution in [0.15, 0.2) is 16.8 Å². The van der Waals surface area contributed by atoms with Crippen molar-refractivity contribution in [3.63, 3.8) is 0 Å². The van der Waals surface area contributed by atoms with Gasteiger partial charge in [-0.05, 0) is 28.8 Å². The number of terminal acetylenes is 1. The van der Waals surface area contributed by atoms with Crippen molar-refractivity contribution in [3.8, 4) is 12.3 Å².